The molecule has 1 aliphatic rings. The van der Waals surface area contributed by atoms with Gasteiger partial charge in [-0.05, 0) is 55.2 Å². The van der Waals surface area contributed by atoms with Crippen LogP contribution in [0.25, 0.3) is 22.2 Å². The van der Waals surface area contributed by atoms with Crippen LogP contribution in [0.4, 0.5) is 0 Å². The molecule has 5 rings (SSSR count). The van der Waals surface area contributed by atoms with Crippen LogP contribution >= 0.6 is 0 Å². The Morgan fingerprint density at radius 2 is 2.10 bits per heavy atom. The van der Waals surface area contributed by atoms with E-state index >= 15 is 0 Å². The summed E-state index contributed by atoms with van der Waals surface area (Å²) in [5.74, 6) is 1.30. The van der Waals surface area contributed by atoms with Crippen molar-refractivity contribution in [3.05, 3.63) is 65.6 Å². The van der Waals surface area contributed by atoms with Crippen LogP contribution < -0.4 is 9.47 Å². The Balaban J connectivity index is 1.49. The first-order valence-electron chi connectivity index (χ1n) is 9.79. The number of methoxy groups -OCH3 is 1. The first-order chi connectivity index (χ1) is 14.7. The van der Waals surface area contributed by atoms with Crippen LogP contribution in [0.2, 0.25) is 0 Å². The van der Waals surface area contributed by atoms with E-state index in [-0.39, 0.29) is 6.10 Å². The van der Waals surface area contributed by atoms with Gasteiger partial charge in [0.05, 0.1) is 23.9 Å². The van der Waals surface area contributed by atoms with Gasteiger partial charge in [0.2, 0.25) is 5.88 Å². The van der Waals surface area contributed by atoms with E-state index in [1.165, 1.54) is 0 Å². The number of pyridine rings is 2. The number of H-pyrrole nitrogens is 1. The molecule has 1 N–H and O–H groups in total. The van der Waals surface area contributed by atoms with Gasteiger partial charge in [-0.15, -0.1) is 0 Å². The second-order valence-corrected chi connectivity index (χ2v) is 7.25. The molecule has 3 aromatic heterocycles. The monoisotopic (exact) mass is 397 g/mol. The highest BCUT2D eigenvalue weighted by Gasteiger charge is 2.24. The number of nitriles is 1. The number of aryl methyl sites for hydroxylation is 1. The fourth-order valence-corrected chi connectivity index (χ4v) is 3.92. The quantitative estimate of drug-likeness (QED) is 0.550. The minimum Gasteiger partial charge on any atom is -0.484 e. The van der Waals surface area contributed by atoms with Gasteiger partial charge in [-0.3, -0.25) is 10.1 Å². The van der Waals surface area contributed by atoms with Crippen molar-refractivity contribution in [3.8, 4) is 29.0 Å². The van der Waals surface area contributed by atoms with Crippen molar-refractivity contribution in [3.63, 3.8) is 0 Å². The number of hydrogen-bond acceptors (Lipinski definition) is 6. The van der Waals surface area contributed by atoms with Crippen LogP contribution in [0.5, 0.6) is 11.6 Å². The standard InChI is InChI=1S/C23H19N5O2/c1-29-21-10-16(7-8-25-21)22-18-11-17(5-6-19(18)27-28-22)30-20-4-2-3-15-9-14(12-24)13-26-23(15)20/h5-11,13,20H,2-4H2,1H3,(H,27,28). The Hall–Kier alpha value is -3.92. The lowest BCUT2D eigenvalue weighted by molar-refractivity contribution is 0.178. The lowest BCUT2D eigenvalue weighted by atomic mass is 9.93. The highest BCUT2D eigenvalue weighted by Crippen LogP contribution is 2.35. The van der Waals surface area contributed by atoms with Crippen LogP contribution in [0.3, 0.4) is 0 Å². The number of benzene rings is 1. The average molecular weight is 397 g/mol. The first kappa shape index (κ1) is 18.1. The number of hydrogen-bond donors (Lipinski definition) is 1. The smallest absolute Gasteiger partial charge is 0.213 e. The van der Waals surface area contributed by atoms with Crippen LogP contribution in [-0.2, 0) is 6.42 Å². The molecule has 1 aromatic carbocycles. The Labute approximate surface area is 173 Å². The number of ether oxygens (including phenoxy) is 2. The summed E-state index contributed by atoms with van der Waals surface area (Å²) in [7, 11) is 1.59. The van der Waals surface area contributed by atoms with Crippen molar-refractivity contribution in [2.45, 2.75) is 25.4 Å². The largest absolute Gasteiger partial charge is 0.484 e. The zero-order chi connectivity index (χ0) is 20.5. The summed E-state index contributed by atoms with van der Waals surface area (Å²) < 4.78 is 11.6. The summed E-state index contributed by atoms with van der Waals surface area (Å²) in [6.45, 7) is 0. The van der Waals surface area contributed by atoms with Gasteiger partial charge in [0, 0.05) is 29.4 Å². The Morgan fingerprint density at radius 3 is 2.97 bits per heavy atom. The number of rotatable bonds is 4. The fourth-order valence-electron chi connectivity index (χ4n) is 3.92. The third kappa shape index (κ3) is 3.22. The molecule has 0 bridgehead atoms. The van der Waals surface area contributed by atoms with Crippen LogP contribution in [0.1, 0.15) is 35.8 Å². The maximum absolute atomic E-state index is 9.13. The number of nitrogens with one attached hydrogen (secondary N) is 1. The van der Waals surface area contributed by atoms with Crippen LogP contribution in [-0.4, -0.2) is 27.3 Å². The summed E-state index contributed by atoms with van der Waals surface area (Å²) in [6.07, 6.45) is 6.01. The Kier molecular flexibility index (Phi) is 4.52. The van der Waals surface area contributed by atoms with Gasteiger partial charge in [-0.1, -0.05) is 0 Å². The van der Waals surface area contributed by atoms with Gasteiger partial charge in [0.15, 0.2) is 0 Å². The zero-order valence-electron chi connectivity index (χ0n) is 16.4. The lowest BCUT2D eigenvalue weighted by Crippen LogP contribution is -2.17. The molecule has 7 nitrogen and oxygen atoms in total. The van der Waals surface area contributed by atoms with E-state index in [4.69, 9.17) is 14.7 Å². The molecular weight excluding hydrogens is 378 g/mol. The molecule has 7 heteroatoms. The number of aromatic amines is 1. The Bertz CT molecular complexity index is 1270. The summed E-state index contributed by atoms with van der Waals surface area (Å²) in [6, 6.07) is 13.8. The highest BCUT2D eigenvalue weighted by atomic mass is 16.5. The molecule has 0 saturated heterocycles. The maximum Gasteiger partial charge on any atom is 0.213 e. The molecule has 1 atom stereocenters. The van der Waals surface area contributed by atoms with Gasteiger partial charge in [0.1, 0.15) is 23.6 Å². The number of nitrogens with zero attached hydrogens (tertiary/aromatic N) is 4. The molecule has 0 radical (unpaired) electrons. The molecule has 30 heavy (non-hydrogen) atoms. The summed E-state index contributed by atoms with van der Waals surface area (Å²) in [5.41, 5.74) is 5.27. The second kappa shape index (κ2) is 7.48. The van der Waals surface area contributed by atoms with E-state index in [1.807, 2.05) is 36.4 Å². The van der Waals surface area contributed by atoms with Crippen molar-refractivity contribution in [2.75, 3.05) is 7.11 Å². The van der Waals surface area contributed by atoms with Crippen LogP contribution in [0.15, 0.2) is 48.8 Å². The first-order valence-corrected chi connectivity index (χ1v) is 9.79. The van der Waals surface area contributed by atoms with E-state index in [9.17, 15) is 0 Å². The maximum atomic E-state index is 9.13. The minimum absolute atomic E-state index is 0.129. The lowest BCUT2D eigenvalue weighted by Gasteiger charge is -2.25. The second-order valence-electron chi connectivity index (χ2n) is 7.25. The van der Waals surface area contributed by atoms with Gasteiger partial charge in [-0.25, -0.2) is 4.98 Å². The van der Waals surface area contributed by atoms with Gasteiger partial charge in [0.25, 0.3) is 0 Å². The topological polar surface area (TPSA) is 96.7 Å². The van der Waals surface area contributed by atoms with Crippen molar-refractivity contribution >= 4 is 10.9 Å². The van der Waals surface area contributed by atoms with Crippen molar-refractivity contribution in [1.29, 1.82) is 5.26 Å². The zero-order valence-corrected chi connectivity index (χ0v) is 16.4. The molecule has 4 aromatic rings. The number of fused-ring (bicyclic) bond motifs is 2. The SMILES string of the molecule is COc1cc(-c2n[nH]c3ccc(OC4CCCc5cc(C#N)cnc54)cc23)ccn1. The highest BCUT2D eigenvalue weighted by molar-refractivity contribution is 5.93. The van der Waals surface area contributed by atoms with Crippen LogP contribution in [0, 0.1) is 11.3 Å². The molecular formula is C23H19N5O2. The fraction of sp³-hybridized carbons (Fsp3) is 0.217. The van der Waals surface area contributed by atoms with Gasteiger partial charge in [-0.2, -0.15) is 10.4 Å². The van der Waals surface area contributed by atoms with E-state index in [2.05, 4.69) is 26.2 Å². The molecule has 1 aliphatic carbocycles. The molecule has 0 saturated carbocycles. The normalized spacial score (nSPS) is 15.4. The van der Waals surface area contributed by atoms with Crippen molar-refractivity contribution < 1.29 is 9.47 Å². The third-order valence-electron chi connectivity index (χ3n) is 5.38. The predicted octanol–water partition coefficient (Wildman–Crippen LogP) is 4.36. The molecule has 0 fully saturated rings. The molecule has 0 aliphatic heterocycles. The summed E-state index contributed by atoms with van der Waals surface area (Å²) >= 11 is 0. The summed E-state index contributed by atoms with van der Waals surface area (Å²) in [4.78, 5) is 8.68. The third-order valence-corrected chi connectivity index (χ3v) is 5.38. The van der Waals surface area contributed by atoms with Crippen molar-refractivity contribution in [2.24, 2.45) is 0 Å². The van der Waals surface area contributed by atoms with E-state index in [0.717, 1.165) is 58.4 Å². The molecule has 0 spiro atoms. The number of aromatic nitrogens is 4. The Morgan fingerprint density at radius 1 is 1.17 bits per heavy atom. The molecule has 1 unspecified atom stereocenters. The van der Waals surface area contributed by atoms with Gasteiger partial charge < -0.3 is 9.47 Å². The average Bonchev–Trinajstić information content (AvgIpc) is 3.22. The summed E-state index contributed by atoms with van der Waals surface area (Å²) in [5, 5.41) is 17.6. The van der Waals surface area contributed by atoms with E-state index in [0.29, 0.717) is 11.4 Å². The van der Waals surface area contributed by atoms with E-state index in [1.54, 1.807) is 19.5 Å². The molecule has 0 amide bonds. The van der Waals surface area contributed by atoms with Gasteiger partial charge >= 0.3 is 0 Å². The van der Waals surface area contributed by atoms with Crippen molar-refractivity contribution in [1.82, 2.24) is 20.2 Å². The molecule has 148 valence electrons. The predicted molar refractivity (Wildman–Crippen MR) is 111 cm³/mol. The minimum atomic E-state index is -0.129. The molecule has 3 heterocycles. The van der Waals surface area contributed by atoms with E-state index < -0.39 is 0 Å².